The van der Waals surface area contributed by atoms with E-state index in [1.807, 2.05) is 0 Å². The monoisotopic (exact) mass is 261 g/mol. The first kappa shape index (κ1) is 14.5. The van der Waals surface area contributed by atoms with E-state index in [9.17, 15) is 18.0 Å². The van der Waals surface area contributed by atoms with Gasteiger partial charge in [-0.25, -0.2) is 13.2 Å². The number of methoxy groups -OCH3 is 1. The highest BCUT2D eigenvalue weighted by atomic mass is 19.2. The summed E-state index contributed by atoms with van der Waals surface area (Å²) in [6.07, 6.45) is 0. The molecule has 6 heteroatoms. The lowest BCUT2D eigenvalue weighted by molar-refractivity contribution is -0.152. The average molecular weight is 261 g/mol. The summed E-state index contributed by atoms with van der Waals surface area (Å²) in [6, 6.07) is 0.524. The van der Waals surface area contributed by atoms with Gasteiger partial charge in [0, 0.05) is 6.04 Å². The smallest absolute Gasteiger partial charge is 0.313 e. The van der Waals surface area contributed by atoms with Crippen molar-refractivity contribution in [3.63, 3.8) is 0 Å². The fraction of sp³-hybridized carbons (Fsp3) is 0.417. The molecule has 0 aliphatic carbocycles. The van der Waals surface area contributed by atoms with Crippen LogP contribution in [0.15, 0.2) is 12.1 Å². The van der Waals surface area contributed by atoms with Crippen LogP contribution in [-0.2, 0) is 9.53 Å². The van der Waals surface area contributed by atoms with Crippen LogP contribution < -0.4 is 5.73 Å². The van der Waals surface area contributed by atoms with Gasteiger partial charge in [0.25, 0.3) is 0 Å². The topological polar surface area (TPSA) is 52.3 Å². The predicted octanol–water partition coefficient (Wildman–Crippen LogP) is 2.30. The summed E-state index contributed by atoms with van der Waals surface area (Å²) >= 11 is 0. The largest absolute Gasteiger partial charge is 0.469 e. The molecule has 0 bridgehead atoms. The van der Waals surface area contributed by atoms with Crippen LogP contribution in [0.2, 0.25) is 0 Å². The molecule has 0 amide bonds. The fourth-order valence-corrected chi connectivity index (χ4v) is 1.56. The summed E-state index contributed by atoms with van der Waals surface area (Å²) in [6.45, 7) is 2.95. The Kier molecular flexibility index (Phi) is 4.01. The summed E-state index contributed by atoms with van der Waals surface area (Å²) in [5.41, 5.74) is 4.58. The maximum atomic E-state index is 13.1. The lowest BCUT2D eigenvalue weighted by Crippen LogP contribution is -2.37. The quantitative estimate of drug-likeness (QED) is 0.671. The molecule has 18 heavy (non-hydrogen) atoms. The Morgan fingerprint density at radius 3 is 2.11 bits per heavy atom. The molecule has 0 radical (unpaired) electrons. The third-order valence-corrected chi connectivity index (χ3v) is 2.85. The number of halogens is 3. The molecular weight excluding hydrogens is 247 g/mol. The zero-order chi connectivity index (χ0) is 14.1. The van der Waals surface area contributed by atoms with Crippen LogP contribution in [0.4, 0.5) is 13.2 Å². The second-order valence-electron chi connectivity index (χ2n) is 4.49. The van der Waals surface area contributed by atoms with E-state index in [1.165, 1.54) is 21.0 Å². The van der Waals surface area contributed by atoms with Crippen molar-refractivity contribution in [1.82, 2.24) is 0 Å². The van der Waals surface area contributed by atoms with Gasteiger partial charge in [-0.05, 0) is 31.5 Å². The standard InChI is InChI=1S/C12H14F3NO2/c1-12(2,11(17)18-3)10(16)6-4-7(13)9(15)8(14)5-6/h4-5,10H,16H2,1-3H3/t10-/m1/s1. The zero-order valence-corrected chi connectivity index (χ0v) is 10.3. The van der Waals surface area contributed by atoms with E-state index < -0.39 is 34.9 Å². The fourth-order valence-electron chi connectivity index (χ4n) is 1.56. The molecule has 0 saturated carbocycles. The number of ether oxygens (including phenoxy) is 1. The molecule has 1 atom stereocenters. The number of esters is 1. The number of carbonyl (C=O) groups is 1. The second kappa shape index (κ2) is 4.97. The number of carbonyl (C=O) groups excluding carboxylic acids is 1. The molecule has 1 rings (SSSR count). The molecule has 0 saturated heterocycles. The van der Waals surface area contributed by atoms with Gasteiger partial charge in [-0.2, -0.15) is 0 Å². The Morgan fingerprint density at radius 2 is 1.72 bits per heavy atom. The predicted molar refractivity (Wildman–Crippen MR) is 59.0 cm³/mol. The molecule has 100 valence electrons. The van der Waals surface area contributed by atoms with Crippen molar-refractivity contribution in [2.24, 2.45) is 11.1 Å². The summed E-state index contributed by atoms with van der Waals surface area (Å²) in [7, 11) is 1.18. The number of hydrogen-bond acceptors (Lipinski definition) is 3. The molecule has 0 spiro atoms. The highest BCUT2D eigenvalue weighted by Crippen LogP contribution is 2.33. The molecule has 0 unspecified atom stereocenters. The summed E-state index contributed by atoms with van der Waals surface area (Å²) in [4.78, 5) is 11.5. The molecule has 1 aromatic rings. The van der Waals surface area contributed by atoms with Gasteiger partial charge in [-0.3, -0.25) is 4.79 Å². The first-order chi connectivity index (χ1) is 8.21. The Labute approximate surface area is 103 Å². The minimum Gasteiger partial charge on any atom is -0.469 e. The van der Waals surface area contributed by atoms with Crippen LogP contribution in [0.1, 0.15) is 25.5 Å². The van der Waals surface area contributed by atoms with E-state index in [4.69, 9.17) is 5.73 Å². The SMILES string of the molecule is COC(=O)C(C)(C)[C@H](N)c1cc(F)c(F)c(F)c1. The Morgan fingerprint density at radius 1 is 1.28 bits per heavy atom. The summed E-state index contributed by atoms with van der Waals surface area (Å²) < 4.78 is 43.5. The molecule has 0 heterocycles. The maximum Gasteiger partial charge on any atom is 0.313 e. The van der Waals surface area contributed by atoms with Crippen molar-refractivity contribution < 1.29 is 22.7 Å². The number of rotatable bonds is 3. The highest BCUT2D eigenvalue weighted by Gasteiger charge is 2.37. The van der Waals surface area contributed by atoms with Crippen molar-refractivity contribution in [1.29, 1.82) is 0 Å². The van der Waals surface area contributed by atoms with Gasteiger partial charge in [0.1, 0.15) is 0 Å². The van der Waals surface area contributed by atoms with Crippen LogP contribution in [0.3, 0.4) is 0 Å². The molecular formula is C12H14F3NO2. The van der Waals surface area contributed by atoms with Crippen molar-refractivity contribution in [3.05, 3.63) is 35.1 Å². The molecule has 2 N–H and O–H groups in total. The van der Waals surface area contributed by atoms with Gasteiger partial charge in [0.2, 0.25) is 0 Å². The minimum atomic E-state index is -1.57. The maximum absolute atomic E-state index is 13.1. The van der Waals surface area contributed by atoms with Crippen molar-refractivity contribution >= 4 is 5.97 Å². The van der Waals surface area contributed by atoms with E-state index in [-0.39, 0.29) is 5.56 Å². The van der Waals surface area contributed by atoms with Crippen molar-refractivity contribution in [3.8, 4) is 0 Å². The Balaban J connectivity index is 3.19. The van der Waals surface area contributed by atoms with Gasteiger partial charge >= 0.3 is 5.97 Å². The van der Waals surface area contributed by atoms with E-state index in [1.54, 1.807) is 0 Å². The molecule has 0 fully saturated rings. The van der Waals surface area contributed by atoms with Gasteiger partial charge in [-0.15, -0.1) is 0 Å². The van der Waals surface area contributed by atoms with E-state index in [0.717, 1.165) is 12.1 Å². The lowest BCUT2D eigenvalue weighted by atomic mass is 9.81. The average Bonchev–Trinajstić information content (AvgIpc) is 2.33. The van der Waals surface area contributed by atoms with E-state index in [0.29, 0.717) is 0 Å². The summed E-state index contributed by atoms with van der Waals surface area (Å²) in [5, 5.41) is 0. The molecule has 0 aliphatic rings. The van der Waals surface area contributed by atoms with Crippen molar-refractivity contribution in [2.45, 2.75) is 19.9 Å². The van der Waals surface area contributed by atoms with Gasteiger partial charge in [0.05, 0.1) is 12.5 Å². The van der Waals surface area contributed by atoms with Crippen LogP contribution in [0.25, 0.3) is 0 Å². The molecule has 1 aromatic carbocycles. The first-order valence-corrected chi connectivity index (χ1v) is 5.20. The van der Waals surface area contributed by atoms with Crippen LogP contribution in [-0.4, -0.2) is 13.1 Å². The van der Waals surface area contributed by atoms with Gasteiger partial charge in [-0.1, -0.05) is 0 Å². The number of hydrogen-bond donors (Lipinski definition) is 1. The van der Waals surface area contributed by atoms with Crippen molar-refractivity contribution in [2.75, 3.05) is 7.11 Å². The van der Waals surface area contributed by atoms with E-state index >= 15 is 0 Å². The van der Waals surface area contributed by atoms with Crippen LogP contribution in [0.5, 0.6) is 0 Å². The number of benzene rings is 1. The minimum absolute atomic E-state index is 0.0122. The first-order valence-electron chi connectivity index (χ1n) is 5.20. The Bertz CT molecular complexity index is 451. The lowest BCUT2D eigenvalue weighted by Gasteiger charge is -2.29. The molecule has 0 aliphatic heterocycles. The zero-order valence-electron chi connectivity index (χ0n) is 10.3. The highest BCUT2D eigenvalue weighted by molar-refractivity contribution is 5.77. The number of nitrogens with two attached hydrogens (primary N) is 1. The van der Waals surface area contributed by atoms with E-state index in [2.05, 4.69) is 4.74 Å². The Hall–Kier alpha value is -1.56. The molecule has 0 aromatic heterocycles. The van der Waals surface area contributed by atoms with Crippen LogP contribution >= 0.6 is 0 Å². The third-order valence-electron chi connectivity index (χ3n) is 2.85. The van der Waals surface area contributed by atoms with Crippen LogP contribution in [0, 0.1) is 22.9 Å². The third kappa shape index (κ3) is 2.48. The normalized spacial score (nSPS) is 13.3. The molecule has 3 nitrogen and oxygen atoms in total. The second-order valence-corrected chi connectivity index (χ2v) is 4.49. The van der Waals surface area contributed by atoms with Gasteiger partial charge < -0.3 is 10.5 Å². The van der Waals surface area contributed by atoms with Gasteiger partial charge in [0.15, 0.2) is 17.5 Å². The summed E-state index contributed by atoms with van der Waals surface area (Å²) in [5.74, 6) is -4.89.